The molecule has 5 heteroatoms. The average Bonchev–Trinajstić information content (AvgIpc) is 2.23. The van der Waals surface area contributed by atoms with Crippen molar-refractivity contribution < 1.29 is 18.3 Å². The number of esters is 1. The van der Waals surface area contributed by atoms with Gasteiger partial charge in [0.2, 0.25) is 0 Å². The number of carbonyl (C=O) groups excluding carboxylic acids is 1. The summed E-state index contributed by atoms with van der Waals surface area (Å²) in [6.07, 6.45) is 1.10. The second-order valence-corrected chi connectivity index (χ2v) is 3.07. The zero-order valence-corrected chi connectivity index (χ0v) is 8.88. The van der Waals surface area contributed by atoms with Gasteiger partial charge in [-0.15, -0.1) is 0 Å². The lowest BCUT2D eigenvalue weighted by atomic mass is 10.2. The lowest BCUT2D eigenvalue weighted by Gasteiger charge is -2.08. The first-order valence-electron chi connectivity index (χ1n) is 4.52. The molecule has 0 radical (unpaired) electrons. The molecule has 1 aromatic carbocycles. The maximum atomic E-state index is 13.2. The summed E-state index contributed by atoms with van der Waals surface area (Å²) in [5, 5.41) is 2.45. The largest absolute Gasteiger partial charge is 0.466 e. The quantitative estimate of drug-likeness (QED) is 0.636. The van der Waals surface area contributed by atoms with Crippen LogP contribution in [-0.4, -0.2) is 13.1 Å². The van der Waals surface area contributed by atoms with Crippen LogP contribution < -0.4 is 5.32 Å². The van der Waals surface area contributed by atoms with Gasteiger partial charge < -0.3 is 10.1 Å². The lowest BCUT2D eigenvalue weighted by Crippen LogP contribution is -2.04. The number of para-hydroxylation sites is 1. The third-order valence-electron chi connectivity index (χ3n) is 1.82. The van der Waals surface area contributed by atoms with E-state index in [4.69, 9.17) is 0 Å². The van der Waals surface area contributed by atoms with Crippen molar-refractivity contribution in [1.82, 2.24) is 0 Å². The van der Waals surface area contributed by atoms with Gasteiger partial charge in [0, 0.05) is 11.8 Å². The van der Waals surface area contributed by atoms with Crippen LogP contribution in [0.4, 0.5) is 14.5 Å². The smallest absolute Gasteiger partial charge is 0.332 e. The Labute approximate surface area is 91.7 Å². The van der Waals surface area contributed by atoms with Crippen molar-refractivity contribution in [2.45, 2.75) is 6.92 Å². The van der Waals surface area contributed by atoms with Crippen molar-refractivity contribution in [2.24, 2.45) is 0 Å². The number of nitrogens with one attached hydrogen (secondary N) is 1. The summed E-state index contributed by atoms with van der Waals surface area (Å²) in [5.74, 6) is -2.04. The van der Waals surface area contributed by atoms with Crippen LogP contribution in [0, 0.1) is 11.6 Å². The molecule has 0 saturated carbocycles. The maximum Gasteiger partial charge on any atom is 0.332 e. The van der Waals surface area contributed by atoms with Crippen LogP contribution in [0.5, 0.6) is 0 Å². The highest BCUT2D eigenvalue weighted by atomic mass is 19.1. The van der Waals surface area contributed by atoms with Crippen molar-refractivity contribution in [3.05, 3.63) is 41.6 Å². The third kappa shape index (κ3) is 3.05. The van der Waals surface area contributed by atoms with Crippen LogP contribution in [0.2, 0.25) is 0 Å². The van der Waals surface area contributed by atoms with Gasteiger partial charge >= 0.3 is 5.97 Å². The zero-order chi connectivity index (χ0) is 12.1. The number of hydrogen-bond donors (Lipinski definition) is 1. The minimum Gasteiger partial charge on any atom is -0.466 e. The Morgan fingerprint density at radius 1 is 1.38 bits per heavy atom. The number of hydrogen-bond acceptors (Lipinski definition) is 3. The van der Waals surface area contributed by atoms with Crippen molar-refractivity contribution >= 4 is 11.7 Å². The number of carbonyl (C=O) groups is 1. The van der Waals surface area contributed by atoms with Crippen molar-refractivity contribution in [3.63, 3.8) is 0 Å². The van der Waals surface area contributed by atoms with Crippen LogP contribution in [0.15, 0.2) is 30.0 Å². The van der Waals surface area contributed by atoms with Gasteiger partial charge in [-0.05, 0) is 19.1 Å². The minimum absolute atomic E-state index is 0.288. The van der Waals surface area contributed by atoms with Gasteiger partial charge in [-0.2, -0.15) is 0 Å². The predicted octanol–water partition coefficient (Wildman–Crippen LogP) is 2.45. The summed E-state index contributed by atoms with van der Waals surface area (Å²) >= 11 is 0. The number of methoxy groups -OCH3 is 1. The highest BCUT2D eigenvalue weighted by molar-refractivity contribution is 5.83. The number of anilines is 1. The van der Waals surface area contributed by atoms with Crippen LogP contribution in [-0.2, 0) is 9.53 Å². The molecule has 86 valence electrons. The fraction of sp³-hybridized carbons (Fsp3) is 0.182. The van der Waals surface area contributed by atoms with Crippen molar-refractivity contribution in [2.75, 3.05) is 12.4 Å². The Balaban J connectivity index is 2.89. The van der Waals surface area contributed by atoms with Gasteiger partial charge in [0.05, 0.1) is 7.11 Å². The molecule has 0 aromatic heterocycles. The molecule has 0 bridgehead atoms. The van der Waals surface area contributed by atoms with Gasteiger partial charge in [-0.3, -0.25) is 0 Å². The highest BCUT2D eigenvalue weighted by Gasteiger charge is 2.08. The molecule has 0 spiro atoms. The molecular formula is C11H11F2NO2. The molecular weight excluding hydrogens is 216 g/mol. The molecule has 0 amide bonds. The van der Waals surface area contributed by atoms with Gasteiger partial charge in [-0.25, -0.2) is 13.6 Å². The first-order valence-corrected chi connectivity index (χ1v) is 4.52. The Morgan fingerprint density at radius 2 is 1.94 bits per heavy atom. The van der Waals surface area contributed by atoms with E-state index in [0.717, 1.165) is 18.2 Å². The van der Waals surface area contributed by atoms with Crippen LogP contribution >= 0.6 is 0 Å². The van der Waals surface area contributed by atoms with Crippen molar-refractivity contribution in [1.29, 1.82) is 0 Å². The predicted molar refractivity (Wildman–Crippen MR) is 55.8 cm³/mol. The molecule has 0 aliphatic carbocycles. The molecule has 16 heavy (non-hydrogen) atoms. The van der Waals surface area contributed by atoms with E-state index in [1.165, 1.54) is 20.1 Å². The van der Waals surface area contributed by atoms with Crippen LogP contribution in [0.25, 0.3) is 0 Å². The fourth-order valence-electron chi connectivity index (χ4n) is 1.09. The summed E-state index contributed by atoms with van der Waals surface area (Å²) in [7, 11) is 1.22. The SMILES string of the molecule is COC(=O)C=C(C)Nc1c(F)cccc1F. The number of allylic oxidation sites excluding steroid dienone is 1. The van der Waals surface area contributed by atoms with E-state index in [0.29, 0.717) is 0 Å². The second kappa shape index (κ2) is 5.25. The minimum atomic E-state index is -0.724. The van der Waals surface area contributed by atoms with E-state index >= 15 is 0 Å². The number of ether oxygens (including phenoxy) is 1. The van der Waals surface area contributed by atoms with E-state index < -0.39 is 17.6 Å². The molecule has 1 rings (SSSR count). The van der Waals surface area contributed by atoms with E-state index in [1.807, 2.05) is 0 Å². The molecule has 0 unspecified atom stereocenters. The first-order chi connectivity index (χ1) is 7.54. The Bertz CT molecular complexity index is 410. The number of benzene rings is 1. The Hall–Kier alpha value is -1.91. The summed E-state index contributed by atoms with van der Waals surface area (Å²) in [6.45, 7) is 1.50. The first kappa shape index (κ1) is 12.2. The van der Waals surface area contributed by atoms with Gasteiger partial charge in [-0.1, -0.05) is 6.07 Å². The molecule has 0 saturated heterocycles. The molecule has 0 atom stereocenters. The highest BCUT2D eigenvalue weighted by Crippen LogP contribution is 2.19. The monoisotopic (exact) mass is 227 g/mol. The Morgan fingerprint density at radius 3 is 2.44 bits per heavy atom. The molecule has 0 aliphatic rings. The van der Waals surface area contributed by atoms with Crippen LogP contribution in [0.1, 0.15) is 6.92 Å². The molecule has 0 aliphatic heterocycles. The number of rotatable bonds is 3. The van der Waals surface area contributed by atoms with Gasteiger partial charge in [0.15, 0.2) is 0 Å². The summed E-state index contributed by atoms with van der Waals surface area (Å²) in [6, 6.07) is 3.50. The fourth-order valence-corrected chi connectivity index (χ4v) is 1.09. The van der Waals surface area contributed by atoms with Crippen LogP contribution in [0.3, 0.4) is 0 Å². The molecule has 1 aromatic rings. The average molecular weight is 227 g/mol. The second-order valence-electron chi connectivity index (χ2n) is 3.07. The van der Waals surface area contributed by atoms with E-state index in [2.05, 4.69) is 10.1 Å². The molecule has 1 N–H and O–H groups in total. The van der Waals surface area contributed by atoms with Gasteiger partial charge in [0.25, 0.3) is 0 Å². The molecule has 0 fully saturated rings. The Kier molecular flexibility index (Phi) is 3.99. The maximum absolute atomic E-state index is 13.2. The summed E-state index contributed by atoms with van der Waals surface area (Å²) in [5.41, 5.74) is -0.00370. The van der Waals surface area contributed by atoms with E-state index in [9.17, 15) is 13.6 Å². The van der Waals surface area contributed by atoms with E-state index in [1.54, 1.807) is 0 Å². The van der Waals surface area contributed by atoms with E-state index in [-0.39, 0.29) is 11.4 Å². The molecule has 0 heterocycles. The summed E-state index contributed by atoms with van der Waals surface area (Å²) in [4.78, 5) is 10.9. The normalized spacial score (nSPS) is 11.1. The third-order valence-corrected chi connectivity index (χ3v) is 1.82. The topological polar surface area (TPSA) is 38.3 Å². The standard InChI is InChI=1S/C11H11F2NO2/c1-7(6-10(15)16-2)14-11-8(12)4-3-5-9(11)13/h3-6,14H,1-2H3. The number of halogens is 2. The molecule has 3 nitrogen and oxygen atoms in total. The zero-order valence-electron chi connectivity index (χ0n) is 8.88. The van der Waals surface area contributed by atoms with Gasteiger partial charge in [0.1, 0.15) is 17.3 Å². The lowest BCUT2D eigenvalue weighted by molar-refractivity contribution is -0.134. The summed E-state index contributed by atoms with van der Waals surface area (Å²) < 4.78 is 30.7. The van der Waals surface area contributed by atoms with Crippen molar-refractivity contribution in [3.8, 4) is 0 Å².